The number of carbonyl (C=O) groups is 2. The van der Waals surface area contributed by atoms with Crippen molar-refractivity contribution >= 4 is 17.7 Å². The number of urea groups is 1. The molecule has 0 saturated carbocycles. The van der Waals surface area contributed by atoms with Crippen molar-refractivity contribution in [3.63, 3.8) is 0 Å². The third-order valence-corrected chi connectivity index (χ3v) is 3.14. The molecule has 19 heavy (non-hydrogen) atoms. The zero-order chi connectivity index (χ0) is 13.8. The molecule has 6 nitrogen and oxygen atoms in total. The molecule has 2 rings (SSSR count). The molecule has 102 valence electrons. The van der Waals surface area contributed by atoms with E-state index in [1.165, 1.54) is 6.07 Å². The number of carboxylic acid groups (broad SMARTS) is 1. The average molecular weight is 263 g/mol. The quantitative estimate of drug-likeness (QED) is 0.747. The van der Waals surface area contributed by atoms with Gasteiger partial charge in [0.15, 0.2) is 0 Å². The molecule has 1 fully saturated rings. The number of nitrogens with zero attached hydrogens (tertiary/aromatic N) is 1. The van der Waals surface area contributed by atoms with Crippen LogP contribution in [0.25, 0.3) is 0 Å². The summed E-state index contributed by atoms with van der Waals surface area (Å²) in [4.78, 5) is 24.9. The first kappa shape index (κ1) is 13.4. The van der Waals surface area contributed by atoms with Crippen molar-refractivity contribution in [1.29, 1.82) is 0 Å². The molecule has 0 aliphatic carbocycles. The van der Waals surface area contributed by atoms with Gasteiger partial charge >= 0.3 is 12.0 Å². The van der Waals surface area contributed by atoms with Crippen LogP contribution in [0.15, 0.2) is 18.2 Å². The maximum atomic E-state index is 12.1. The van der Waals surface area contributed by atoms with Gasteiger partial charge in [-0.1, -0.05) is 12.1 Å². The Morgan fingerprint density at radius 1 is 1.32 bits per heavy atom. The Morgan fingerprint density at radius 3 is 2.63 bits per heavy atom. The van der Waals surface area contributed by atoms with Gasteiger partial charge in [0, 0.05) is 26.2 Å². The van der Waals surface area contributed by atoms with Gasteiger partial charge < -0.3 is 20.6 Å². The van der Waals surface area contributed by atoms with E-state index in [1.807, 2.05) is 0 Å². The standard InChI is InChI=1S/C13H17N3O3/c1-9-3-2-4-10(12(17)18)11(9)15-13(19)16-7-5-14-6-8-16/h2-4,14H,5-8H2,1H3,(H,15,19)(H,17,18). The van der Waals surface area contributed by atoms with E-state index in [0.717, 1.165) is 18.7 Å². The summed E-state index contributed by atoms with van der Waals surface area (Å²) in [5.41, 5.74) is 1.23. The highest BCUT2D eigenvalue weighted by atomic mass is 16.4. The number of para-hydroxylation sites is 1. The van der Waals surface area contributed by atoms with Gasteiger partial charge in [-0.3, -0.25) is 0 Å². The van der Waals surface area contributed by atoms with E-state index in [9.17, 15) is 9.59 Å². The Bertz CT molecular complexity index is 496. The molecule has 0 aromatic heterocycles. The second-order valence-electron chi connectivity index (χ2n) is 4.47. The third kappa shape index (κ3) is 3.03. The number of carboxylic acids is 1. The normalized spacial score (nSPS) is 15.1. The number of hydrogen-bond donors (Lipinski definition) is 3. The number of amides is 2. The van der Waals surface area contributed by atoms with Gasteiger partial charge in [-0.05, 0) is 18.6 Å². The molecular formula is C13H17N3O3. The third-order valence-electron chi connectivity index (χ3n) is 3.14. The molecule has 1 aliphatic heterocycles. The molecule has 3 N–H and O–H groups in total. The monoisotopic (exact) mass is 263 g/mol. The van der Waals surface area contributed by atoms with E-state index in [-0.39, 0.29) is 11.6 Å². The van der Waals surface area contributed by atoms with Crippen molar-refractivity contribution in [1.82, 2.24) is 10.2 Å². The van der Waals surface area contributed by atoms with Gasteiger partial charge in [-0.15, -0.1) is 0 Å². The first-order valence-electron chi connectivity index (χ1n) is 6.19. The van der Waals surface area contributed by atoms with Gasteiger partial charge in [0.25, 0.3) is 0 Å². The molecular weight excluding hydrogens is 246 g/mol. The predicted molar refractivity (Wildman–Crippen MR) is 71.6 cm³/mol. The van der Waals surface area contributed by atoms with Crippen molar-refractivity contribution < 1.29 is 14.7 Å². The summed E-state index contributed by atoms with van der Waals surface area (Å²) in [6, 6.07) is 4.68. The fourth-order valence-corrected chi connectivity index (χ4v) is 2.07. The number of carbonyl (C=O) groups excluding carboxylic acids is 1. The van der Waals surface area contributed by atoms with Gasteiger partial charge in [0.05, 0.1) is 11.3 Å². The summed E-state index contributed by atoms with van der Waals surface area (Å²) in [5, 5.41) is 15.0. The van der Waals surface area contributed by atoms with E-state index < -0.39 is 5.97 Å². The number of rotatable bonds is 2. The van der Waals surface area contributed by atoms with Crippen LogP contribution >= 0.6 is 0 Å². The van der Waals surface area contributed by atoms with Crippen molar-refractivity contribution in [2.24, 2.45) is 0 Å². The lowest BCUT2D eigenvalue weighted by Crippen LogP contribution is -2.48. The summed E-state index contributed by atoms with van der Waals surface area (Å²) in [6.07, 6.45) is 0. The van der Waals surface area contributed by atoms with Crippen molar-refractivity contribution in [2.45, 2.75) is 6.92 Å². The van der Waals surface area contributed by atoms with Gasteiger partial charge in [0.1, 0.15) is 0 Å². The molecule has 0 bridgehead atoms. The first-order chi connectivity index (χ1) is 9.09. The highest BCUT2D eigenvalue weighted by molar-refractivity contribution is 6.01. The Hall–Kier alpha value is -2.08. The van der Waals surface area contributed by atoms with Crippen LogP contribution in [0.3, 0.4) is 0 Å². The maximum absolute atomic E-state index is 12.1. The smallest absolute Gasteiger partial charge is 0.337 e. The fraction of sp³-hybridized carbons (Fsp3) is 0.385. The van der Waals surface area contributed by atoms with Crippen LogP contribution in [-0.2, 0) is 0 Å². The minimum atomic E-state index is -1.04. The van der Waals surface area contributed by atoms with Crippen LogP contribution in [0.2, 0.25) is 0 Å². The summed E-state index contributed by atoms with van der Waals surface area (Å²) < 4.78 is 0. The molecule has 0 radical (unpaired) electrons. The van der Waals surface area contributed by atoms with Crippen LogP contribution in [0.5, 0.6) is 0 Å². The molecule has 6 heteroatoms. The van der Waals surface area contributed by atoms with Crippen LogP contribution in [0.1, 0.15) is 15.9 Å². The van der Waals surface area contributed by atoms with Crippen LogP contribution < -0.4 is 10.6 Å². The SMILES string of the molecule is Cc1cccc(C(=O)O)c1NC(=O)N1CCNCC1. The fourth-order valence-electron chi connectivity index (χ4n) is 2.07. The zero-order valence-corrected chi connectivity index (χ0v) is 10.8. The molecule has 2 amide bonds. The Kier molecular flexibility index (Phi) is 4.01. The molecule has 1 aliphatic rings. The number of aromatic carboxylic acids is 1. The van der Waals surface area contributed by atoms with Crippen molar-refractivity contribution in [2.75, 3.05) is 31.5 Å². The Balaban J connectivity index is 2.18. The largest absolute Gasteiger partial charge is 0.478 e. The van der Waals surface area contributed by atoms with Crippen LogP contribution in [0.4, 0.5) is 10.5 Å². The lowest BCUT2D eigenvalue weighted by Gasteiger charge is -2.28. The van der Waals surface area contributed by atoms with Gasteiger partial charge in [-0.2, -0.15) is 0 Å². The lowest BCUT2D eigenvalue weighted by atomic mass is 10.1. The molecule has 0 atom stereocenters. The average Bonchev–Trinajstić information content (AvgIpc) is 2.41. The Morgan fingerprint density at radius 2 is 2.00 bits per heavy atom. The minimum Gasteiger partial charge on any atom is -0.478 e. The van der Waals surface area contributed by atoms with E-state index in [0.29, 0.717) is 18.8 Å². The number of hydrogen-bond acceptors (Lipinski definition) is 3. The molecule has 1 saturated heterocycles. The number of benzene rings is 1. The molecule has 1 heterocycles. The second-order valence-corrected chi connectivity index (χ2v) is 4.47. The Labute approximate surface area is 111 Å². The van der Waals surface area contributed by atoms with E-state index in [1.54, 1.807) is 24.0 Å². The number of aryl methyl sites for hydroxylation is 1. The van der Waals surface area contributed by atoms with E-state index in [2.05, 4.69) is 10.6 Å². The predicted octanol–water partition coefficient (Wildman–Crippen LogP) is 1.13. The summed E-state index contributed by atoms with van der Waals surface area (Å²) in [5.74, 6) is -1.04. The minimum absolute atomic E-state index is 0.114. The van der Waals surface area contributed by atoms with Crippen molar-refractivity contribution in [3.05, 3.63) is 29.3 Å². The number of piperazine rings is 1. The van der Waals surface area contributed by atoms with Crippen molar-refractivity contribution in [3.8, 4) is 0 Å². The van der Waals surface area contributed by atoms with E-state index in [4.69, 9.17) is 5.11 Å². The lowest BCUT2D eigenvalue weighted by molar-refractivity contribution is 0.0698. The molecule has 1 aromatic rings. The summed E-state index contributed by atoms with van der Waals surface area (Å²) in [6.45, 7) is 4.54. The first-order valence-corrected chi connectivity index (χ1v) is 6.19. The zero-order valence-electron chi connectivity index (χ0n) is 10.8. The number of anilines is 1. The van der Waals surface area contributed by atoms with E-state index >= 15 is 0 Å². The summed E-state index contributed by atoms with van der Waals surface area (Å²) in [7, 11) is 0. The highest BCUT2D eigenvalue weighted by Crippen LogP contribution is 2.21. The van der Waals surface area contributed by atoms with Crippen LogP contribution in [-0.4, -0.2) is 48.2 Å². The number of nitrogens with one attached hydrogen (secondary N) is 2. The topological polar surface area (TPSA) is 81.7 Å². The molecule has 0 unspecified atom stereocenters. The highest BCUT2D eigenvalue weighted by Gasteiger charge is 2.19. The summed E-state index contributed by atoms with van der Waals surface area (Å²) >= 11 is 0. The maximum Gasteiger partial charge on any atom is 0.337 e. The van der Waals surface area contributed by atoms with Gasteiger partial charge in [-0.25, -0.2) is 9.59 Å². The molecule has 0 spiro atoms. The molecule has 1 aromatic carbocycles. The van der Waals surface area contributed by atoms with Crippen LogP contribution in [0, 0.1) is 6.92 Å². The van der Waals surface area contributed by atoms with Gasteiger partial charge in [0.2, 0.25) is 0 Å². The second kappa shape index (κ2) is 5.71.